The molecule has 1 aromatic carbocycles. The number of rotatable bonds is 8. The van der Waals surface area contributed by atoms with Gasteiger partial charge in [-0.15, -0.1) is 11.3 Å². The van der Waals surface area contributed by atoms with Crippen molar-refractivity contribution >= 4 is 21.2 Å². The SMILES string of the molecule is CC(C)(C)n1ncc(-c2nc(CC(O)NCC3CCOCC3)cs2)c1-c1ccc(S(C)(=O)=O)cc1. The number of thiazole rings is 1. The van der Waals surface area contributed by atoms with Crippen LogP contribution in [0.5, 0.6) is 0 Å². The number of aliphatic hydroxyl groups excluding tert-OH is 1. The minimum Gasteiger partial charge on any atom is -0.381 e. The smallest absolute Gasteiger partial charge is 0.175 e. The number of hydrogen-bond donors (Lipinski definition) is 2. The van der Waals surface area contributed by atoms with Gasteiger partial charge in [0.1, 0.15) is 11.2 Å². The first-order chi connectivity index (χ1) is 16.5. The van der Waals surface area contributed by atoms with Gasteiger partial charge in [0.05, 0.1) is 33.6 Å². The van der Waals surface area contributed by atoms with Crippen molar-refractivity contribution in [2.45, 2.75) is 56.7 Å². The molecule has 8 nitrogen and oxygen atoms in total. The van der Waals surface area contributed by atoms with Crippen LogP contribution in [0.15, 0.2) is 40.7 Å². The van der Waals surface area contributed by atoms with E-state index >= 15 is 0 Å². The molecule has 1 atom stereocenters. The molecule has 2 aromatic heterocycles. The Balaban J connectivity index is 1.56. The molecule has 2 N–H and O–H groups in total. The Morgan fingerprint density at radius 1 is 1.23 bits per heavy atom. The van der Waals surface area contributed by atoms with Crippen molar-refractivity contribution in [1.82, 2.24) is 20.1 Å². The molecule has 0 saturated carbocycles. The molecule has 0 spiro atoms. The Morgan fingerprint density at radius 2 is 1.91 bits per heavy atom. The third kappa shape index (κ3) is 6.37. The molecule has 0 bridgehead atoms. The van der Waals surface area contributed by atoms with Gasteiger partial charge in [0.15, 0.2) is 9.84 Å². The van der Waals surface area contributed by atoms with Gasteiger partial charge in [0, 0.05) is 43.4 Å². The Hall–Kier alpha value is -2.11. The Bertz CT molecular complexity index is 1240. The van der Waals surface area contributed by atoms with Gasteiger partial charge in [-0.05, 0) is 51.7 Å². The molecule has 4 rings (SSSR count). The molecule has 3 heterocycles. The molecule has 35 heavy (non-hydrogen) atoms. The van der Waals surface area contributed by atoms with Crippen molar-refractivity contribution in [3.05, 3.63) is 41.5 Å². The maximum absolute atomic E-state index is 11.9. The average molecular weight is 519 g/mol. The van der Waals surface area contributed by atoms with E-state index in [1.54, 1.807) is 12.1 Å². The Labute approximate surface area is 211 Å². The quantitative estimate of drug-likeness (QED) is 0.438. The molecule has 1 fully saturated rings. The second kappa shape index (κ2) is 10.5. The highest BCUT2D eigenvalue weighted by atomic mass is 32.2. The normalized spacial score (nSPS) is 16.5. The molecule has 0 radical (unpaired) electrons. The maximum atomic E-state index is 11.9. The van der Waals surface area contributed by atoms with Crippen molar-refractivity contribution in [3.8, 4) is 21.8 Å². The summed E-state index contributed by atoms with van der Waals surface area (Å²) in [6, 6.07) is 6.89. The van der Waals surface area contributed by atoms with E-state index in [-0.39, 0.29) is 10.4 Å². The number of sulfone groups is 1. The first-order valence-electron chi connectivity index (χ1n) is 11.9. The predicted molar refractivity (Wildman–Crippen MR) is 138 cm³/mol. The van der Waals surface area contributed by atoms with E-state index in [4.69, 9.17) is 9.72 Å². The van der Waals surface area contributed by atoms with Crippen LogP contribution in [-0.2, 0) is 26.5 Å². The molecule has 1 aliphatic rings. The number of nitrogens with zero attached hydrogens (tertiary/aromatic N) is 3. The van der Waals surface area contributed by atoms with Gasteiger partial charge in [-0.25, -0.2) is 13.4 Å². The summed E-state index contributed by atoms with van der Waals surface area (Å²) in [5.41, 5.74) is 3.17. The maximum Gasteiger partial charge on any atom is 0.175 e. The van der Waals surface area contributed by atoms with Crippen LogP contribution in [0.1, 0.15) is 39.3 Å². The number of aromatic nitrogens is 3. The monoisotopic (exact) mass is 518 g/mol. The summed E-state index contributed by atoms with van der Waals surface area (Å²) in [4.78, 5) is 5.08. The highest BCUT2D eigenvalue weighted by molar-refractivity contribution is 7.90. The van der Waals surface area contributed by atoms with Crippen LogP contribution in [0, 0.1) is 5.92 Å². The summed E-state index contributed by atoms with van der Waals surface area (Å²) in [7, 11) is -3.28. The first-order valence-corrected chi connectivity index (χ1v) is 14.6. The van der Waals surface area contributed by atoms with Crippen LogP contribution in [0.2, 0.25) is 0 Å². The summed E-state index contributed by atoms with van der Waals surface area (Å²) in [5, 5.41) is 21.2. The van der Waals surface area contributed by atoms with Gasteiger partial charge in [-0.1, -0.05) is 12.1 Å². The fourth-order valence-electron chi connectivity index (χ4n) is 4.20. The van der Waals surface area contributed by atoms with Crippen molar-refractivity contribution < 1.29 is 18.3 Å². The van der Waals surface area contributed by atoms with E-state index in [0.717, 1.165) is 60.1 Å². The lowest BCUT2D eigenvalue weighted by Crippen LogP contribution is -2.36. The molecular weight excluding hydrogens is 484 g/mol. The van der Waals surface area contributed by atoms with Crippen molar-refractivity contribution in [2.24, 2.45) is 5.92 Å². The third-order valence-electron chi connectivity index (χ3n) is 6.13. The summed E-state index contributed by atoms with van der Waals surface area (Å²) in [6.07, 6.45) is 4.82. The van der Waals surface area contributed by atoms with E-state index in [1.807, 2.05) is 28.4 Å². The molecule has 1 aliphatic heterocycles. The highest BCUT2D eigenvalue weighted by Gasteiger charge is 2.25. The van der Waals surface area contributed by atoms with Gasteiger partial charge in [0.2, 0.25) is 0 Å². The lowest BCUT2D eigenvalue weighted by Gasteiger charge is -2.23. The van der Waals surface area contributed by atoms with Crippen LogP contribution in [0.4, 0.5) is 0 Å². The predicted octanol–water partition coefficient (Wildman–Crippen LogP) is 3.71. The number of hydrogen-bond acceptors (Lipinski definition) is 8. The van der Waals surface area contributed by atoms with Crippen molar-refractivity contribution in [1.29, 1.82) is 0 Å². The summed E-state index contributed by atoms with van der Waals surface area (Å²) in [6.45, 7) is 8.58. The highest BCUT2D eigenvalue weighted by Crippen LogP contribution is 2.37. The topological polar surface area (TPSA) is 106 Å². The van der Waals surface area contributed by atoms with Gasteiger partial charge in [-0.3, -0.25) is 10.00 Å². The molecule has 10 heteroatoms. The lowest BCUT2D eigenvalue weighted by atomic mass is 10.0. The second-order valence-electron chi connectivity index (χ2n) is 10.1. The van der Waals surface area contributed by atoms with E-state index in [0.29, 0.717) is 12.3 Å². The van der Waals surface area contributed by atoms with Crippen molar-refractivity contribution in [2.75, 3.05) is 26.0 Å². The summed E-state index contributed by atoms with van der Waals surface area (Å²) in [5.74, 6) is 0.532. The van der Waals surface area contributed by atoms with E-state index in [2.05, 4.69) is 31.2 Å². The molecule has 0 amide bonds. The molecule has 3 aromatic rings. The first kappa shape index (κ1) is 26.0. The second-order valence-corrected chi connectivity index (χ2v) is 13.0. The molecule has 1 saturated heterocycles. The van der Waals surface area contributed by atoms with Crippen molar-refractivity contribution in [3.63, 3.8) is 0 Å². The van der Waals surface area contributed by atoms with Gasteiger partial charge >= 0.3 is 0 Å². The van der Waals surface area contributed by atoms with Crippen LogP contribution in [-0.4, -0.2) is 60.5 Å². The number of aliphatic hydroxyl groups is 1. The third-order valence-corrected chi connectivity index (χ3v) is 8.18. The number of ether oxygens (including phenoxy) is 1. The van der Waals surface area contributed by atoms with Crippen LogP contribution in [0.25, 0.3) is 21.8 Å². The van der Waals surface area contributed by atoms with Crippen LogP contribution >= 0.6 is 11.3 Å². The van der Waals surface area contributed by atoms with Gasteiger partial charge < -0.3 is 9.84 Å². The zero-order valence-corrected chi connectivity index (χ0v) is 22.3. The lowest BCUT2D eigenvalue weighted by molar-refractivity contribution is 0.0569. The van der Waals surface area contributed by atoms with E-state index in [1.165, 1.54) is 17.6 Å². The molecular formula is C25H34N4O4S2. The van der Waals surface area contributed by atoms with Crippen LogP contribution in [0.3, 0.4) is 0 Å². The number of benzene rings is 1. The summed E-state index contributed by atoms with van der Waals surface area (Å²) < 4.78 is 31.2. The molecule has 190 valence electrons. The summed E-state index contributed by atoms with van der Waals surface area (Å²) >= 11 is 1.52. The Kier molecular flexibility index (Phi) is 7.77. The largest absolute Gasteiger partial charge is 0.381 e. The standard InChI is InChI=1S/C25H34N4O4S2/c1-25(2,3)29-23(18-5-7-20(8-6-18)35(4,31)32)21(15-27-29)24-28-19(16-34-24)13-22(30)26-14-17-9-11-33-12-10-17/h5-8,15-17,22,26,30H,9-14H2,1-4H3. The minimum atomic E-state index is -3.28. The minimum absolute atomic E-state index is 0.281. The number of nitrogens with one attached hydrogen (secondary N) is 1. The van der Waals surface area contributed by atoms with E-state index < -0.39 is 16.1 Å². The Morgan fingerprint density at radius 3 is 2.54 bits per heavy atom. The zero-order valence-electron chi connectivity index (χ0n) is 20.7. The fraction of sp³-hybridized carbons (Fsp3) is 0.520. The fourth-order valence-corrected chi connectivity index (χ4v) is 5.67. The van der Waals surface area contributed by atoms with Gasteiger partial charge in [-0.2, -0.15) is 5.10 Å². The molecule has 0 aliphatic carbocycles. The van der Waals surface area contributed by atoms with Gasteiger partial charge in [0.25, 0.3) is 0 Å². The average Bonchev–Trinajstić information content (AvgIpc) is 3.45. The zero-order chi connectivity index (χ0) is 25.2. The van der Waals surface area contributed by atoms with E-state index in [9.17, 15) is 13.5 Å². The van der Waals surface area contributed by atoms with Crippen LogP contribution < -0.4 is 5.32 Å². The molecule has 1 unspecified atom stereocenters.